The second-order valence-corrected chi connectivity index (χ2v) is 9.65. The van der Waals surface area contributed by atoms with E-state index in [2.05, 4.69) is 50.8 Å². The maximum Gasteiger partial charge on any atom is 0.407 e. The maximum atomic E-state index is 12.5. The molecule has 0 spiro atoms. The van der Waals surface area contributed by atoms with Crippen LogP contribution in [-0.4, -0.2) is 36.2 Å². The summed E-state index contributed by atoms with van der Waals surface area (Å²) in [5, 5.41) is 14.8. The molecule has 0 aliphatic heterocycles. The van der Waals surface area contributed by atoms with Crippen molar-refractivity contribution >= 4 is 39.6 Å². The molecule has 3 aromatic carbocycles. The normalized spacial score (nSPS) is 17.7. The number of carboxylic acid groups (broad SMARTS) is 1. The van der Waals surface area contributed by atoms with Gasteiger partial charge in [0.25, 0.3) is 0 Å². The fourth-order valence-corrected chi connectivity index (χ4v) is 5.08. The van der Waals surface area contributed by atoms with Gasteiger partial charge in [-0.15, -0.1) is 0 Å². The van der Waals surface area contributed by atoms with Crippen LogP contribution in [0, 0.1) is 11.8 Å². The summed E-state index contributed by atoms with van der Waals surface area (Å²) < 4.78 is 5.99. The average molecular weight is 535 g/mol. The first-order chi connectivity index (χ1) is 16.9. The largest absolute Gasteiger partial charge is 0.478 e. The van der Waals surface area contributed by atoms with Crippen molar-refractivity contribution in [1.29, 1.82) is 0 Å². The molecule has 3 aromatic rings. The first-order valence-corrected chi connectivity index (χ1v) is 12.1. The molecule has 178 valence electrons. The van der Waals surface area contributed by atoms with Gasteiger partial charge in [-0.3, -0.25) is 4.79 Å². The van der Waals surface area contributed by atoms with E-state index in [0.29, 0.717) is 23.1 Å². The number of halogens is 1. The molecule has 1 saturated carbocycles. The highest BCUT2D eigenvalue weighted by Crippen LogP contribution is 2.44. The number of alkyl carbamates (subject to hydrolysis) is 1. The quantitative estimate of drug-likeness (QED) is 0.383. The van der Waals surface area contributed by atoms with Crippen LogP contribution in [-0.2, 0) is 9.53 Å². The van der Waals surface area contributed by atoms with Crippen molar-refractivity contribution in [3.63, 3.8) is 0 Å². The summed E-state index contributed by atoms with van der Waals surface area (Å²) in [5.74, 6) is -1.49. The number of ether oxygens (including phenoxy) is 1. The SMILES string of the molecule is O=C(NC[C@@H]1C[C@@H]1C(=O)Nc1ccc(Br)c(C(=O)O)c1)OCC1c2ccccc2-c2ccccc21. The fraction of sp³-hybridized carbons (Fsp3) is 0.222. The van der Waals surface area contributed by atoms with Crippen LogP contribution in [0.1, 0.15) is 33.8 Å². The van der Waals surface area contributed by atoms with Crippen LogP contribution < -0.4 is 10.6 Å². The van der Waals surface area contributed by atoms with E-state index in [0.717, 1.165) is 11.1 Å². The van der Waals surface area contributed by atoms with Crippen molar-refractivity contribution in [3.8, 4) is 11.1 Å². The highest BCUT2D eigenvalue weighted by Gasteiger charge is 2.43. The topological polar surface area (TPSA) is 105 Å². The Hall–Kier alpha value is -3.65. The molecular formula is C27H23BrN2O5. The van der Waals surface area contributed by atoms with Gasteiger partial charge < -0.3 is 20.5 Å². The second-order valence-electron chi connectivity index (χ2n) is 8.80. The van der Waals surface area contributed by atoms with Crippen LogP contribution in [0.4, 0.5) is 10.5 Å². The minimum atomic E-state index is -1.08. The minimum absolute atomic E-state index is 0.00537. The molecule has 3 N–H and O–H groups in total. The summed E-state index contributed by atoms with van der Waals surface area (Å²) >= 11 is 3.19. The molecule has 0 aromatic heterocycles. The minimum Gasteiger partial charge on any atom is -0.478 e. The molecule has 2 aliphatic rings. The van der Waals surface area contributed by atoms with Crippen LogP contribution in [0.15, 0.2) is 71.2 Å². The van der Waals surface area contributed by atoms with E-state index < -0.39 is 12.1 Å². The first kappa shape index (κ1) is 23.1. The Labute approximate surface area is 210 Å². The zero-order chi connectivity index (χ0) is 24.5. The van der Waals surface area contributed by atoms with Gasteiger partial charge in [0.05, 0.1) is 5.56 Å². The third-order valence-corrected chi connectivity index (χ3v) is 7.27. The first-order valence-electron chi connectivity index (χ1n) is 11.3. The molecule has 0 bridgehead atoms. The molecule has 2 amide bonds. The van der Waals surface area contributed by atoms with Gasteiger partial charge in [0.15, 0.2) is 0 Å². The molecule has 8 heteroatoms. The van der Waals surface area contributed by atoms with E-state index in [1.807, 2.05) is 24.3 Å². The van der Waals surface area contributed by atoms with Crippen molar-refractivity contribution < 1.29 is 24.2 Å². The van der Waals surface area contributed by atoms with E-state index in [1.165, 1.54) is 17.2 Å². The lowest BCUT2D eigenvalue weighted by Gasteiger charge is -2.14. The number of carbonyl (C=O) groups excluding carboxylic acids is 2. The number of benzene rings is 3. The Morgan fingerprint density at radius 1 is 0.971 bits per heavy atom. The van der Waals surface area contributed by atoms with Gasteiger partial charge in [0.1, 0.15) is 6.61 Å². The summed E-state index contributed by atoms with van der Waals surface area (Å²) in [6.07, 6.45) is 0.148. The Balaban J connectivity index is 1.11. The number of fused-ring (bicyclic) bond motifs is 3. The van der Waals surface area contributed by atoms with Gasteiger partial charge in [-0.25, -0.2) is 9.59 Å². The molecule has 1 fully saturated rings. The van der Waals surface area contributed by atoms with Gasteiger partial charge in [-0.1, -0.05) is 48.5 Å². The summed E-state index contributed by atoms with van der Waals surface area (Å²) in [4.78, 5) is 36.1. The van der Waals surface area contributed by atoms with E-state index in [-0.39, 0.29) is 35.8 Å². The van der Waals surface area contributed by atoms with Crippen LogP contribution >= 0.6 is 15.9 Å². The Bertz CT molecular complexity index is 1280. The summed E-state index contributed by atoms with van der Waals surface area (Å²) in [6, 6.07) is 21.0. The molecule has 0 heterocycles. The number of carboxylic acids is 1. The van der Waals surface area contributed by atoms with Crippen molar-refractivity contribution in [2.45, 2.75) is 12.3 Å². The average Bonchev–Trinajstić information content (AvgIpc) is 3.57. The summed E-state index contributed by atoms with van der Waals surface area (Å²) in [6.45, 7) is 0.583. The number of anilines is 1. The molecule has 5 rings (SSSR count). The van der Waals surface area contributed by atoms with E-state index in [1.54, 1.807) is 12.1 Å². The smallest absolute Gasteiger partial charge is 0.407 e. The number of hydrogen-bond acceptors (Lipinski definition) is 4. The second kappa shape index (κ2) is 9.54. The van der Waals surface area contributed by atoms with Crippen LogP contribution in [0.25, 0.3) is 11.1 Å². The monoisotopic (exact) mass is 534 g/mol. The third kappa shape index (κ3) is 4.79. The number of carbonyl (C=O) groups is 3. The van der Waals surface area contributed by atoms with Crippen LogP contribution in [0.2, 0.25) is 0 Å². The zero-order valence-corrected chi connectivity index (χ0v) is 20.2. The predicted octanol–water partition coefficient (Wildman–Crippen LogP) is 5.26. The lowest BCUT2D eigenvalue weighted by Crippen LogP contribution is -2.29. The Morgan fingerprint density at radius 2 is 1.63 bits per heavy atom. The standard InChI is InChI=1S/C27H23BrN2O5/c28-24-10-9-16(12-22(24)26(32)33)30-25(31)21-11-15(21)13-29-27(34)35-14-23-19-7-3-1-5-17(19)18-6-2-4-8-20(18)23/h1-10,12,15,21,23H,11,13-14H2,(H,29,34)(H,30,31)(H,32,33)/t15-,21-/m0/s1. The molecule has 0 saturated heterocycles. The van der Waals surface area contributed by atoms with Gasteiger partial charge in [-0.05, 0) is 68.7 Å². The number of amides is 2. The van der Waals surface area contributed by atoms with Crippen molar-refractivity contribution in [2.75, 3.05) is 18.5 Å². The molecule has 0 radical (unpaired) electrons. The van der Waals surface area contributed by atoms with E-state index in [9.17, 15) is 19.5 Å². The molecule has 2 aliphatic carbocycles. The highest BCUT2D eigenvalue weighted by atomic mass is 79.9. The Morgan fingerprint density at radius 3 is 2.29 bits per heavy atom. The fourth-order valence-electron chi connectivity index (χ4n) is 4.66. The van der Waals surface area contributed by atoms with Crippen molar-refractivity contribution in [2.24, 2.45) is 11.8 Å². The number of hydrogen-bond donors (Lipinski definition) is 3. The summed E-state index contributed by atoms with van der Waals surface area (Å²) in [5.41, 5.74) is 5.15. The molecule has 7 nitrogen and oxygen atoms in total. The van der Waals surface area contributed by atoms with Gasteiger partial charge in [0.2, 0.25) is 5.91 Å². The van der Waals surface area contributed by atoms with E-state index in [4.69, 9.17) is 4.74 Å². The molecule has 2 atom stereocenters. The lowest BCUT2D eigenvalue weighted by molar-refractivity contribution is -0.117. The van der Waals surface area contributed by atoms with Gasteiger partial charge in [-0.2, -0.15) is 0 Å². The third-order valence-electron chi connectivity index (χ3n) is 6.58. The van der Waals surface area contributed by atoms with Crippen LogP contribution in [0.3, 0.4) is 0 Å². The summed E-state index contributed by atoms with van der Waals surface area (Å²) in [7, 11) is 0. The van der Waals surface area contributed by atoms with Crippen molar-refractivity contribution in [1.82, 2.24) is 5.32 Å². The zero-order valence-electron chi connectivity index (χ0n) is 18.7. The lowest BCUT2D eigenvalue weighted by atomic mass is 9.98. The molecule has 35 heavy (non-hydrogen) atoms. The predicted molar refractivity (Wildman–Crippen MR) is 134 cm³/mol. The maximum absolute atomic E-state index is 12.5. The van der Waals surface area contributed by atoms with Crippen molar-refractivity contribution in [3.05, 3.63) is 87.9 Å². The Kier molecular flexibility index (Phi) is 6.30. The molecule has 0 unspecified atom stereocenters. The number of aromatic carboxylic acids is 1. The van der Waals surface area contributed by atoms with Crippen LogP contribution in [0.5, 0.6) is 0 Å². The molecular weight excluding hydrogens is 512 g/mol. The van der Waals surface area contributed by atoms with Gasteiger partial charge >= 0.3 is 12.1 Å². The van der Waals surface area contributed by atoms with Gasteiger partial charge in [0, 0.05) is 28.5 Å². The number of nitrogens with one attached hydrogen (secondary N) is 2. The highest BCUT2D eigenvalue weighted by molar-refractivity contribution is 9.10. The number of rotatable bonds is 7. The van der Waals surface area contributed by atoms with E-state index >= 15 is 0 Å².